The van der Waals surface area contributed by atoms with E-state index in [0.29, 0.717) is 0 Å². The second-order valence-corrected chi connectivity index (χ2v) is 3.26. The Hall–Kier alpha value is -0.980. The van der Waals surface area contributed by atoms with E-state index in [1.54, 1.807) is 11.8 Å². The third-order valence-corrected chi connectivity index (χ3v) is 2.36. The molecule has 2 N–H and O–H groups in total. The first kappa shape index (κ1) is 9.11. The van der Waals surface area contributed by atoms with Gasteiger partial charge in [0.2, 0.25) is 0 Å². The van der Waals surface area contributed by atoms with Crippen molar-refractivity contribution in [2.75, 3.05) is 6.26 Å². The molecule has 1 atom stereocenters. The van der Waals surface area contributed by atoms with Crippen LogP contribution >= 0.6 is 11.8 Å². The van der Waals surface area contributed by atoms with Crippen LogP contribution in [0.5, 0.6) is 0 Å². The van der Waals surface area contributed by atoms with Crippen LogP contribution in [0.25, 0.3) is 0 Å². The number of thioether (sulfide) groups is 1. The lowest BCUT2D eigenvalue weighted by Gasteiger charge is -2.02. The highest BCUT2D eigenvalue weighted by atomic mass is 32.2. The minimum Gasteiger partial charge on any atom is -0.312 e. The number of nitrogens with two attached hydrogens (primary N) is 1. The van der Waals surface area contributed by atoms with E-state index in [1.165, 1.54) is 4.90 Å². The van der Waals surface area contributed by atoms with E-state index in [1.807, 2.05) is 36.6 Å². The normalized spacial score (nSPS) is 12.1. The highest BCUT2D eigenvalue weighted by molar-refractivity contribution is 7.98. The number of nitriles is 1. The van der Waals surface area contributed by atoms with Gasteiger partial charge >= 0.3 is 0 Å². The second-order valence-electron chi connectivity index (χ2n) is 2.38. The highest BCUT2D eigenvalue weighted by Crippen LogP contribution is 2.17. The average Bonchev–Trinajstić information content (AvgIpc) is 2.17. The van der Waals surface area contributed by atoms with Gasteiger partial charge in [-0.2, -0.15) is 5.26 Å². The van der Waals surface area contributed by atoms with Gasteiger partial charge in [0.1, 0.15) is 6.04 Å². The summed E-state index contributed by atoms with van der Waals surface area (Å²) in [6.45, 7) is 0. The standard InChI is InChI=1S/C9H10N2S/c1-12-8-4-2-7(3-5-8)9(11)6-10/h2-5,9H,11H2,1H3/t9-/m0/s1. The zero-order valence-corrected chi connectivity index (χ0v) is 7.64. The molecule has 0 amide bonds. The van der Waals surface area contributed by atoms with Crippen LogP contribution in [0.4, 0.5) is 0 Å². The summed E-state index contributed by atoms with van der Waals surface area (Å²) >= 11 is 1.67. The molecule has 0 aromatic heterocycles. The van der Waals surface area contributed by atoms with E-state index in [4.69, 9.17) is 11.0 Å². The fourth-order valence-corrected chi connectivity index (χ4v) is 1.29. The molecule has 3 heteroatoms. The molecule has 0 saturated heterocycles. The van der Waals surface area contributed by atoms with Crippen molar-refractivity contribution in [1.82, 2.24) is 0 Å². The predicted octanol–water partition coefficient (Wildman–Crippen LogP) is 1.93. The Bertz CT molecular complexity index is 286. The number of hydrogen-bond donors (Lipinski definition) is 1. The van der Waals surface area contributed by atoms with Gasteiger partial charge in [-0.05, 0) is 24.0 Å². The number of nitrogens with zero attached hydrogens (tertiary/aromatic N) is 1. The van der Waals surface area contributed by atoms with Crippen LogP contribution in [0.1, 0.15) is 11.6 Å². The van der Waals surface area contributed by atoms with E-state index < -0.39 is 6.04 Å². The van der Waals surface area contributed by atoms with Crippen molar-refractivity contribution in [1.29, 1.82) is 5.26 Å². The zero-order chi connectivity index (χ0) is 8.97. The summed E-state index contributed by atoms with van der Waals surface area (Å²) in [6.07, 6.45) is 2.01. The maximum atomic E-state index is 8.53. The van der Waals surface area contributed by atoms with Crippen molar-refractivity contribution in [2.24, 2.45) is 5.73 Å². The SMILES string of the molecule is CSc1ccc([C@@H](N)C#N)cc1. The predicted molar refractivity (Wildman–Crippen MR) is 50.8 cm³/mol. The van der Waals surface area contributed by atoms with Gasteiger partial charge in [-0.1, -0.05) is 12.1 Å². The van der Waals surface area contributed by atoms with Gasteiger partial charge in [0.15, 0.2) is 0 Å². The molecule has 1 aromatic rings. The second kappa shape index (κ2) is 4.15. The van der Waals surface area contributed by atoms with Crippen LogP contribution in [0, 0.1) is 11.3 Å². The van der Waals surface area contributed by atoms with Gasteiger partial charge in [0, 0.05) is 4.90 Å². The third-order valence-electron chi connectivity index (χ3n) is 1.61. The van der Waals surface area contributed by atoms with Crippen molar-refractivity contribution in [3.63, 3.8) is 0 Å². The fraction of sp³-hybridized carbons (Fsp3) is 0.222. The molecule has 1 aromatic carbocycles. The molecule has 0 saturated carbocycles. The van der Waals surface area contributed by atoms with Crippen LogP contribution in [0.15, 0.2) is 29.2 Å². The molecule has 1 rings (SSSR count). The maximum absolute atomic E-state index is 8.53. The molecule has 0 aliphatic rings. The summed E-state index contributed by atoms with van der Waals surface area (Å²) in [6, 6.07) is 9.21. The molecule has 0 spiro atoms. The van der Waals surface area contributed by atoms with Crippen LogP contribution < -0.4 is 5.73 Å². The molecule has 0 aliphatic heterocycles. The van der Waals surface area contributed by atoms with Gasteiger partial charge in [-0.25, -0.2) is 0 Å². The quantitative estimate of drug-likeness (QED) is 0.704. The minimum atomic E-state index is -0.499. The first-order valence-electron chi connectivity index (χ1n) is 3.57. The van der Waals surface area contributed by atoms with E-state index in [2.05, 4.69) is 0 Å². The Morgan fingerprint density at radius 3 is 2.42 bits per heavy atom. The summed E-state index contributed by atoms with van der Waals surface area (Å²) in [5.41, 5.74) is 6.39. The summed E-state index contributed by atoms with van der Waals surface area (Å²) in [5, 5.41) is 8.53. The third kappa shape index (κ3) is 2.00. The number of rotatable bonds is 2. The molecular weight excluding hydrogens is 168 g/mol. The maximum Gasteiger partial charge on any atom is 0.118 e. The van der Waals surface area contributed by atoms with E-state index in [0.717, 1.165) is 5.56 Å². The molecule has 0 heterocycles. The summed E-state index contributed by atoms with van der Waals surface area (Å²) < 4.78 is 0. The van der Waals surface area contributed by atoms with Gasteiger partial charge in [-0.15, -0.1) is 11.8 Å². The van der Waals surface area contributed by atoms with Crippen LogP contribution in [-0.2, 0) is 0 Å². The molecule has 0 fully saturated rings. The van der Waals surface area contributed by atoms with Crippen LogP contribution in [0.3, 0.4) is 0 Å². The Morgan fingerprint density at radius 2 is 2.00 bits per heavy atom. The Labute approximate surface area is 76.4 Å². The lowest BCUT2D eigenvalue weighted by atomic mass is 10.1. The monoisotopic (exact) mass is 178 g/mol. The van der Waals surface area contributed by atoms with E-state index in [-0.39, 0.29) is 0 Å². The first-order chi connectivity index (χ1) is 5.77. The molecule has 0 aliphatic carbocycles. The van der Waals surface area contributed by atoms with Gasteiger partial charge in [0.25, 0.3) is 0 Å². The molecule has 2 nitrogen and oxygen atoms in total. The number of benzene rings is 1. The van der Waals surface area contributed by atoms with Crippen molar-refractivity contribution in [3.05, 3.63) is 29.8 Å². The topological polar surface area (TPSA) is 49.8 Å². The Balaban J connectivity index is 2.86. The van der Waals surface area contributed by atoms with Gasteiger partial charge in [-0.3, -0.25) is 0 Å². The fourth-order valence-electron chi connectivity index (χ4n) is 0.886. The lowest BCUT2D eigenvalue weighted by molar-refractivity contribution is 0.924. The molecule has 0 radical (unpaired) electrons. The highest BCUT2D eigenvalue weighted by Gasteiger charge is 2.02. The van der Waals surface area contributed by atoms with Crippen molar-refractivity contribution in [3.8, 4) is 6.07 Å². The zero-order valence-electron chi connectivity index (χ0n) is 6.82. The van der Waals surface area contributed by atoms with E-state index >= 15 is 0 Å². The van der Waals surface area contributed by atoms with Crippen molar-refractivity contribution in [2.45, 2.75) is 10.9 Å². The smallest absolute Gasteiger partial charge is 0.118 e. The van der Waals surface area contributed by atoms with E-state index in [9.17, 15) is 0 Å². The van der Waals surface area contributed by atoms with Crippen LogP contribution in [0.2, 0.25) is 0 Å². The number of hydrogen-bond acceptors (Lipinski definition) is 3. The average molecular weight is 178 g/mol. The molecule has 0 unspecified atom stereocenters. The molecule has 12 heavy (non-hydrogen) atoms. The van der Waals surface area contributed by atoms with Crippen LogP contribution in [-0.4, -0.2) is 6.26 Å². The Morgan fingerprint density at radius 1 is 1.42 bits per heavy atom. The minimum absolute atomic E-state index is 0.499. The first-order valence-corrected chi connectivity index (χ1v) is 4.79. The van der Waals surface area contributed by atoms with Crippen molar-refractivity contribution < 1.29 is 0 Å². The molecular formula is C9H10N2S. The summed E-state index contributed by atoms with van der Waals surface area (Å²) in [4.78, 5) is 1.18. The summed E-state index contributed by atoms with van der Waals surface area (Å²) in [5.74, 6) is 0. The van der Waals surface area contributed by atoms with Crippen molar-refractivity contribution >= 4 is 11.8 Å². The molecule has 0 bridgehead atoms. The largest absolute Gasteiger partial charge is 0.312 e. The van der Waals surface area contributed by atoms with Gasteiger partial charge in [0.05, 0.1) is 6.07 Å². The van der Waals surface area contributed by atoms with Gasteiger partial charge < -0.3 is 5.73 Å². The lowest BCUT2D eigenvalue weighted by Crippen LogP contribution is -2.06. The Kier molecular flexibility index (Phi) is 3.15. The summed E-state index contributed by atoms with van der Waals surface area (Å²) in [7, 11) is 0. The molecule has 62 valence electrons.